The summed E-state index contributed by atoms with van der Waals surface area (Å²) in [6, 6.07) is 21.2. The molecule has 0 saturated heterocycles. The summed E-state index contributed by atoms with van der Waals surface area (Å²) in [6.07, 6.45) is 2.20. The lowest BCUT2D eigenvalue weighted by Crippen LogP contribution is -2.35. The van der Waals surface area contributed by atoms with Gasteiger partial charge in [0, 0.05) is 6.42 Å². The fourth-order valence-corrected chi connectivity index (χ4v) is 4.70. The van der Waals surface area contributed by atoms with E-state index in [2.05, 4.69) is 10.1 Å². The molecule has 3 aromatic carbocycles. The summed E-state index contributed by atoms with van der Waals surface area (Å²) in [6.45, 7) is 2.53. The molecule has 2 aliphatic heterocycles. The number of aliphatic imine (C=N–C) groups is 1. The van der Waals surface area contributed by atoms with Crippen LogP contribution >= 0.6 is 11.8 Å². The Hall–Kier alpha value is -4.24. The van der Waals surface area contributed by atoms with Gasteiger partial charge >= 0.3 is 0 Å². The van der Waals surface area contributed by atoms with Crippen molar-refractivity contribution in [2.45, 2.75) is 20.0 Å². The predicted octanol–water partition coefficient (Wildman–Crippen LogP) is 5.67. The number of hydrogen-bond donors (Lipinski definition) is 1. The number of hydrazone groups is 1. The van der Waals surface area contributed by atoms with E-state index in [-0.39, 0.29) is 23.8 Å². The number of fused-ring (bicyclic) bond motifs is 1. The summed E-state index contributed by atoms with van der Waals surface area (Å²) in [5.74, 6) is 0.193. The second kappa shape index (κ2) is 10.8. The van der Waals surface area contributed by atoms with E-state index in [1.54, 1.807) is 36.4 Å². The number of thioether (sulfide) groups is 1. The molecule has 0 fully saturated rings. The molecular formula is C28H23FN4O3S. The van der Waals surface area contributed by atoms with Gasteiger partial charge in [-0.1, -0.05) is 48.5 Å². The van der Waals surface area contributed by atoms with Crippen LogP contribution in [0.2, 0.25) is 0 Å². The highest BCUT2D eigenvalue weighted by molar-refractivity contribution is 8.26. The third-order valence-electron chi connectivity index (χ3n) is 5.58. The summed E-state index contributed by atoms with van der Waals surface area (Å²) >= 11 is 1.30. The predicted molar refractivity (Wildman–Crippen MR) is 143 cm³/mol. The quantitative estimate of drug-likeness (QED) is 0.392. The first-order valence-corrected chi connectivity index (χ1v) is 12.5. The summed E-state index contributed by atoms with van der Waals surface area (Å²) in [7, 11) is 0. The fraction of sp³-hybridized carbons (Fsp3) is 0.143. The Labute approximate surface area is 217 Å². The van der Waals surface area contributed by atoms with Crippen LogP contribution in [-0.2, 0) is 17.8 Å². The normalized spacial score (nSPS) is 15.9. The lowest BCUT2D eigenvalue weighted by Gasteiger charge is -2.20. The van der Waals surface area contributed by atoms with Crippen molar-refractivity contribution in [3.8, 4) is 11.5 Å². The molecule has 0 spiro atoms. The van der Waals surface area contributed by atoms with Crippen LogP contribution in [0.25, 0.3) is 6.08 Å². The smallest absolute Gasteiger partial charge is 0.283 e. The van der Waals surface area contributed by atoms with Gasteiger partial charge in [-0.3, -0.25) is 10.2 Å². The van der Waals surface area contributed by atoms with Crippen molar-refractivity contribution in [1.29, 1.82) is 5.41 Å². The van der Waals surface area contributed by atoms with Gasteiger partial charge in [-0.05, 0) is 65.7 Å². The van der Waals surface area contributed by atoms with Crippen molar-refractivity contribution in [2.75, 3.05) is 6.61 Å². The van der Waals surface area contributed by atoms with Crippen molar-refractivity contribution in [2.24, 2.45) is 10.1 Å². The standard InChI is InChI=1S/C28H23FN4O3S/c1-2-35-24-15-20(10-13-23(24)36-17-19-8-11-21(29)12-9-19)14-22-26(30)33-28(31-27(22)34)37-25(32-33)16-18-6-4-3-5-7-18/h3-15,30H,2,16-17H2,1H3/b22-14-,30-26?. The van der Waals surface area contributed by atoms with Gasteiger partial charge in [-0.25, -0.2) is 4.39 Å². The highest BCUT2D eigenvalue weighted by Crippen LogP contribution is 2.32. The molecule has 0 atom stereocenters. The minimum atomic E-state index is -0.491. The molecule has 0 radical (unpaired) electrons. The summed E-state index contributed by atoms with van der Waals surface area (Å²) in [5.41, 5.74) is 2.70. The molecule has 0 unspecified atom stereocenters. The number of carbonyl (C=O) groups excluding carboxylic acids is 1. The largest absolute Gasteiger partial charge is 0.490 e. The van der Waals surface area contributed by atoms with E-state index in [1.165, 1.54) is 28.9 Å². The average Bonchev–Trinajstić information content (AvgIpc) is 3.30. The lowest BCUT2D eigenvalue weighted by atomic mass is 10.1. The molecule has 1 N–H and O–H groups in total. The first-order chi connectivity index (χ1) is 18.0. The fourth-order valence-electron chi connectivity index (χ4n) is 3.78. The van der Waals surface area contributed by atoms with Crippen LogP contribution in [0, 0.1) is 11.2 Å². The van der Waals surface area contributed by atoms with Crippen LogP contribution in [0.15, 0.2) is 88.5 Å². The van der Waals surface area contributed by atoms with Gasteiger partial charge in [0.15, 0.2) is 17.3 Å². The highest BCUT2D eigenvalue weighted by Gasteiger charge is 2.35. The zero-order valence-electron chi connectivity index (χ0n) is 20.0. The maximum atomic E-state index is 13.2. The number of carbonyl (C=O) groups is 1. The molecule has 0 bridgehead atoms. The lowest BCUT2D eigenvalue weighted by molar-refractivity contribution is -0.114. The van der Waals surface area contributed by atoms with Crippen LogP contribution < -0.4 is 9.47 Å². The Balaban J connectivity index is 1.35. The van der Waals surface area contributed by atoms with Crippen LogP contribution in [-0.4, -0.2) is 33.6 Å². The number of nitrogens with zero attached hydrogens (tertiary/aromatic N) is 3. The first-order valence-electron chi connectivity index (χ1n) is 11.7. The molecule has 9 heteroatoms. The van der Waals surface area contributed by atoms with Crippen LogP contribution in [0.5, 0.6) is 11.5 Å². The average molecular weight is 515 g/mol. The summed E-state index contributed by atoms with van der Waals surface area (Å²) in [5, 5.41) is 15.7. The van der Waals surface area contributed by atoms with E-state index >= 15 is 0 Å². The Morgan fingerprint density at radius 1 is 1.00 bits per heavy atom. The molecular weight excluding hydrogens is 491 g/mol. The molecule has 0 aromatic heterocycles. The number of halogens is 1. The Kier molecular flexibility index (Phi) is 7.14. The zero-order valence-corrected chi connectivity index (χ0v) is 20.8. The molecule has 37 heavy (non-hydrogen) atoms. The topological polar surface area (TPSA) is 87.3 Å². The van der Waals surface area contributed by atoms with E-state index < -0.39 is 5.91 Å². The third kappa shape index (κ3) is 5.62. The molecule has 3 aromatic rings. The molecule has 0 saturated carbocycles. The monoisotopic (exact) mass is 514 g/mol. The second-order valence-corrected chi connectivity index (χ2v) is 9.27. The first kappa shape index (κ1) is 24.5. The third-order valence-corrected chi connectivity index (χ3v) is 6.49. The van der Waals surface area contributed by atoms with Gasteiger partial charge in [0.25, 0.3) is 5.91 Å². The van der Waals surface area contributed by atoms with Gasteiger partial charge in [0.1, 0.15) is 17.5 Å². The highest BCUT2D eigenvalue weighted by atomic mass is 32.2. The van der Waals surface area contributed by atoms with Crippen molar-refractivity contribution < 1.29 is 18.7 Å². The minimum Gasteiger partial charge on any atom is -0.490 e. The number of hydrogen-bond acceptors (Lipinski definition) is 6. The van der Waals surface area contributed by atoms with Gasteiger partial charge in [0.2, 0.25) is 5.17 Å². The maximum Gasteiger partial charge on any atom is 0.283 e. The Bertz CT molecular complexity index is 1440. The van der Waals surface area contributed by atoms with Crippen LogP contribution in [0.1, 0.15) is 23.6 Å². The van der Waals surface area contributed by atoms with Crippen molar-refractivity contribution >= 4 is 39.8 Å². The molecule has 7 nitrogen and oxygen atoms in total. The molecule has 1 amide bonds. The summed E-state index contributed by atoms with van der Waals surface area (Å²) in [4.78, 5) is 17.0. The number of benzene rings is 3. The summed E-state index contributed by atoms with van der Waals surface area (Å²) < 4.78 is 24.8. The van der Waals surface area contributed by atoms with Crippen LogP contribution in [0.3, 0.4) is 0 Å². The van der Waals surface area contributed by atoms with Crippen molar-refractivity contribution in [1.82, 2.24) is 5.01 Å². The van der Waals surface area contributed by atoms with Crippen molar-refractivity contribution in [3.05, 3.63) is 101 Å². The number of amidine groups is 2. The zero-order chi connectivity index (χ0) is 25.8. The van der Waals surface area contributed by atoms with Gasteiger partial charge in [-0.2, -0.15) is 15.1 Å². The number of ether oxygens (including phenoxy) is 2. The molecule has 2 aliphatic rings. The Morgan fingerprint density at radius 2 is 1.78 bits per heavy atom. The van der Waals surface area contributed by atoms with Gasteiger partial charge in [-0.15, -0.1) is 0 Å². The SMILES string of the molecule is CCOc1cc(/C=C2/C(=N)N3N=C(Cc4ccccc4)SC3=NC2=O)ccc1OCc1ccc(F)cc1. The van der Waals surface area contributed by atoms with E-state index in [9.17, 15) is 9.18 Å². The molecule has 5 rings (SSSR count). The van der Waals surface area contributed by atoms with E-state index in [1.807, 2.05) is 37.3 Å². The minimum absolute atomic E-state index is 0.0276. The van der Waals surface area contributed by atoms with E-state index in [4.69, 9.17) is 14.9 Å². The number of nitrogens with one attached hydrogen (secondary N) is 1. The molecule has 0 aliphatic carbocycles. The molecule has 2 heterocycles. The van der Waals surface area contributed by atoms with Crippen molar-refractivity contribution in [3.63, 3.8) is 0 Å². The van der Waals surface area contributed by atoms with Gasteiger partial charge in [0.05, 0.1) is 12.2 Å². The maximum absolute atomic E-state index is 13.2. The Morgan fingerprint density at radius 3 is 2.54 bits per heavy atom. The number of amides is 1. The second-order valence-electron chi connectivity index (χ2n) is 8.23. The van der Waals surface area contributed by atoms with E-state index in [0.29, 0.717) is 35.3 Å². The number of rotatable bonds is 8. The van der Waals surface area contributed by atoms with E-state index in [0.717, 1.165) is 16.2 Å². The van der Waals surface area contributed by atoms with Crippen LogP contribution in [0.4, 0.5) is 4.39 Å². The van der Waals surface area contributed by atoms with Gasteiger partial charge < -0.3 is 9.47 Å². The molecule has 186 valence electrons.